The predicted octanol–water partition coefficient (Wildman–Crippen LogP) is 2.84. The molecule has 1 aliphatic heterocycles. The number of hydrogen-bond acceptors (Lipinski definition) is 3. The summed E-state index contributed by atoms with van der Waals surface area (Å²) < 4.78 is 6.36. The van der Waals surface area contributed by atoms with Crippen LogP contribution in [0.3, 0.4) is 0 Å². The van der Waals surface area contributed by atoms with Crippen LogP contribution in [0.25, 0.3) is 0 Å². The molecule has 1 saturated heterocycles. The minimum Gasteiger partial charge on any atom is -0.507 e. The Morgan fingerprint density at radius 1 is 1.53 bits per heavy atom. The summed E-state index contributed by atoms with van der Waals surface area (Å²) in [5, 5.41) is 12.7. The Morgan fingerprint density at radius 2 is 2.26 bits per heavy atom. The van der Waals surface area contributed by atoms with Crippen molar-refractivity contribution in [2.75, 3.05) is 6.61 Å². The van der Waals surface area contributed by atoms with Crippen molar-refractivity contribution >= 4 is 21.8 Å². The molecule has 0 bridgehead atoms. The van der Waals surface area contributed by atoms with E-state index in [1.54, 1.807) is 12.1 Å². The van der Waals surface area contributed by atoms with Crippen molar-refractivity contribution in [3.63, 3.8) is 0 Å². The molecule has 2 rings (SSSR count). The molecule has 1 aliphatic rings. The van der Waals surface area contributed by atoms with Crippen LogP contribution in [0, 0.1) is 0 Å². The van der Waals surface area contributed by atoms with Crippen molar-refractivity contribution in [3.8, 4) is 5.75 Å². The number of amides is 1. The largest absolute Gasteiger partial charge is 0.507 e. The number of aromatic hydroxyl groups is 1. The molecule has 0 spiro atoms. The smallest absolute Gasteiger partial charge is 0.255 e. The van der Waals surface area contributed by atoms with E-state index >= 15 is 0 Å². The van der Waals surface area contributed by atoms with Gasteiger partial charge in [0.05, 0.1) is 11.2 Å². The maximum absolute atomic E-state index is 12.1. The van der Waals surface area contributed by atoms with Gasteiger partial charge in [-0.15, -0.1) is 0 Å². The molecule has 1 aromatic carbocycles. The maximum Gasteiger partial charge on any atom is 0.255 e. The maximum atomic E-state index is 12.1. The highest BCUT2D eigenvalue weighted by Crippen LogP contribution is 2.26. The molecule has 0 radical (unpaired) electrons. The molecule has 0 aliphatic carbocycles. The van der Waals surface area contributed by atoms with Crippen LogP contribution in [0.4, 0.5) is 0 Å². The molecule has 5 heteroatoms. The molecule has 0 aromatic heterocycles. The topological polar surface area (TPSA) is 58.6 Å². The monoisotopic (exact) mass is 327 g/mol. The summed E-state index contributed by atoms with van der Waals surface area (Å²) in [5.74, 6) is -0.258. The highest BCUT2D eigenvalue weighted by atomic mass is 79.9. The van der Waals surface area contributed by atoms with Crippen molar-refractivity contribution in [1.29, 1.82) is 0 Å². The molecule has 1 heterocycles. The number of rotatable bonds is 2. The Bertz CT molecular complexity index is 488. The second kappa shape index (κ2) is 5.51. The lowest BCUT2D eigenvalue weighted by Crippen LogP contribution is -2.45. The lowest BCUT2D eigenvalue weighted by molar-refractivity contribution is -0.0615. The van der Waals surface area contributed by atoms with Gasteiger partial charge in [0.25, 0.3) is 5.91 Å². The fraction of sp³-hybridized carbons (Fsp3) is 0.500. The fourth-order valence-electron chi connectivity index (χ4n) is 2.32. The van der Waals surface area contributed by atoms with Crippen molar-refractivity contribution < 1.29 is 14.6 Å². The fourth-order valence-corrected chi connectivity index (χ4v) is 2.66. The van der Waals surface area contributed by atoms with Crippen LogP contribution in [0.5, 0.6) is 5.75 Å². The molecule has 2 N–H and O–H groups in total. The zero-order chi connectivity index (χ0) is 14.0. The van der Waals surface area contributed by atoms with Gasteiger partial charge in [-0.2, -0.15) is 0 Å². The lowest BCUT2D eigenvalue weighted by Gasteiger charge is -2.35. The molecule has 1 aromatic rings. The predicted molar refractivity (Wildman–Crippen MR) is 76.3 cm³/mol. The van der Waals surface area contributed by atoms with Crippen LogP contribution in [0.1, 0.15) is 37.0 Å². The van der Waals surface area contributed by atoms with Crippen molar-refractivity contribution in [2.45, 2.75) is 38.3 Å². The number of ether oxygens (including phenoxy) is 1. The van der Waals surface area contributed by atoms with Crippen LogP contribution in [0.2, 0.25) is 0 Å². The van der Waals surface area contributed by atoms with Gasteiger partial charge in [0.15, 0.2) is 0 Å². The summed E-state index contributed by atoms with van der Waals surface area (Å²) in [7, 11) is 0. The molecule has 1 fully saturated rings. The first kappa shape index (κ1) is 14.3. The molecular formula is C14H18BrNO3. The average molecular weight is 328 g/mol. The van der Waals surface area contributed by atoms with E-state index in [4.69, 9.17) is 4.74 Å². The van der Waals surface area contributed by atoms with Crippen LogP contribution in [-0.4, -0.2) is 29.3 Å². The first-order valence-corrected chi connectivity index (χ1v) is 7.10. The van der Waals surface area contributed by atoms with Gasteiger partial charge in [-0.05, 0) is 44.9 Å². The first-order chi connectivity index (χ1) is 8.87. The molecule has 0 saturated carbocycles. The number of halogens is 1. The first-order valence-electron chi connectivity index (χ1n) is 6.31. The van der Waals surface area contributed by atoms with E-state index in [9.17, 15) is 9.90 Å². The van der Waals surface area contributed by atoms with E-state index < -0.39 is 0 Å². The van der Waals surface area contributed by atoms with Crippen molar-refractivity contribution in [2.24, 2.45) is 0 Å². The average Bonchev–Trinajstić information content (AvgIpc) is 2.27. The zero-order valence-corrected chi connectivity index (χ0v) is 12.7. The van der Waals surface area contributed by atoms with E-state index in [2.05, 4.69) is 21.2 Å². The summed E-state index contributed by atoms with van der Waals surface area (Å²) in [6.07, 6.45) is 1.57. The highest BCUT2D eigenvalue weighted by molar-refractivity contribution is 9.10. The summed E-state index contributed by atoms with van der Waals surface area (Å²) in [6, 6.07) is 4.95. The van der Waals surface area contributed by atoms with Gasteiger partial charge in [0.1, 0.15) is 5.75 Å². The zero-order valence-electron chi connectivity index (χ0n) is 11.1. The molecule has 1 amide bonds. The van der Waals surface area contributed by atoms with Crippen LogP contribution < -0.4 is 5.32 Å². The van der Waals surface area contributed by atoms with Crippen molar-refractivity contribution in [1.82, 2.24) is 5.32 Å². The minimum atomic E-state index is -0.243. The molecule has 4 nitrogen and oxygen atoms in total. The van der Waals surface area contributed by atoms with Gasteiger partial charge in [0.2, 0.25) is 0 Å². The molecular weight excluding hydrogens is 310 g/mol. The molecule has 1 atom stereocenters. The molecule has 104 valence electrons. The van der Waals surface area contributed by atoms with Gasteiger partial charge in [-0.1, -0.05) is 15.9 Å². The number of nitrogens with one attached hydrogen (secondary N) is 1. The van der Waals surface area contributed by atoms with Crippen LogP contribution >= 0.6 is 15.9 Å². The normalized spacial score (nSPS) is 21.9. The quantitative estimate of drug-likeness (QED) is 0.878. The number of carbonyl (C=O) groups is 1. The van der Waals surface area contributed by atoms with E-state index in [1.165, 1.54) is 6.07 Å². The van der Waals surface area contributed by atoms with E-state index in [0.29, 0.717) is 12.2 Å². The number of phenolic OH excluding ortho intramolecular Hbond substituents is 1. The molecule has 19 heavy (non-hydrogen) atoms. The Morgan fingerprint density at radius 3 is 2.89 bits per heavy atom. The van der Waals surface area contributed by atoms with Gasteiger partial charge in [0, 0.05) is 17.1 Å². The Balaban J connectivity index is 2.04. The van der Waals surface area contributed by atoms with Crippen molar-refractivity contribution in [3.05, 3.63) is 28.2 Å². The Labute approximate surface area is 121 Å². The second-order valence-electron chi connectivity index (χ2n) is 5.43. The Kier molecular flexibility index (Phi) is 4.16. The van der Waals surface area contributed by atoms with Crippen LogP contribution in [0.15, 0.2) is 22.7 Å². The third-order valence-electron chi connectivity index (χ3n) is 3.24. The second-order valence-corrected chi connectivity index (χ2v) is 6.35. The standard InChI is InChI=1S/C14H18BrNO3/c1-14(2)8-10(5-6-19-14)16-13(18)11-4-3-9(15)7-12(11)17/h3-4,7,10,17H,5-6,8H2,1-2H3,(H,16,18). The van der Waals surface area contributed by atoms with Gasteiger partial charge >= 0.3 is 0 Å². The number of benzene rings is 1. The summed E-state index contributed by atoms with van der Waals surface area (Å²) in [4.78, 5) is 12.1. The van der Waals surface area contributed by atoms with Gasteiger partial charge in [-0.25, -0.2) is 0 Å². The summed E-state index contributed by atoms with van der Waals surface area (Å²) in [6.45, 7) is 4.68. The molecule has 1 unspecified atom stereocenters. The number of carbonyl (C=O) groups excluding carboxylic acids is 1. The van der Waals surface area contributed by atoms with E-state index in [1.807, 2.05) is 13.8 Å². The van der Waals surface area contributed by atoms with E-state index in [-0.39, 0.29) is 23.3 Å². The van der Waals surface area contributed by atoms with Gasteiger partial charge in [-0.3, -0.25) is 4.79 Å². The number of phenols is 1. The third-order valence-corrected chi connectivity index (χ3v) is 3.73. The lowest BCUT2D eigenvalue weighted by atomic mass is 9.93. The van der Waals surface area contributed by atoms with Crippen LogP contribution in [-0.2, 0) is 4.74 Å². The Hall–Kier alpha value is -1.07. The van der Waals surface area contributed by atoms with E-state index in [0.717, 1.165) is 17.3 Å². The number of hydrogen-bond donors (Lipinski definition) is 2. The third kappa shape index (κ3) is 3.70. The minimum absolute atomic E-state index is 0.0156. The summed E-state index contributed by atoms with van der Waals surface area (Å²) in [5.41, 5.74) is 0.0882. The SMILES string of the molecule is CC1(C)CC(NC(=O)c2ccc(Br)cc2O)CCO1. The highest BCUT2D eigenvalue weighted by Gasteiger charge is 2.30. The van der Waals surface area contributed by atoms with Gasteiger partial charge < -0.3 is 15.2 Å². The summed E-state index contributed by atoms with van der Waals surface area (Å²) >= 11 is 3.25.